The van der Waals surface area contributed by atoms with Gasteiger partial charge >= 0.3 is 0 Å². The molecule has 0 heterocycles. The summed E-state index contributed by atoms with van der Waals surface area (Å²) in [6.45, 7) is 4.27. The molecule has 0 bridgehead atoms. The first kappa shape index (κ1) is 9.62. The summed E-state index contributed by atoms with van der Waals surface area (Å²) in [6, 6.07) is 0. The summed E-state index contributed by atoms with van der Waals surface area (Å²) < 4.78 is 0. The van der Waals surface area contributed by atoms with Gasteiger partial charge in [-0.15, -0.1) is 0 Å². The first-order chi connectivity index (χ1) is 5.20. The molecule has 0 amide bonds. The summed E-state index contributed by atoms with van der Waals surface area (Å²) in [5, 5.41) is 0. The Bertz CT molecular complexity index is 170. The highest BCUT2D eigenvalue weighted by molar-refractivity contribution is 5.10. The number of nitrogens with zero attached hydrogens (tertiary/aromatic N) is 1. The Hall–Kier alpha value is -1.38. The largest absolute Gasteiger partial charge is 0.405 e. The Kier molecular flexibility index (Phi) is 4.73. The number of rotatable bonds is 4. The van der Waals surface area contributed by atoms with Gasteiger partial charge in [-0.25, -0.2) is 0 Å². The maximum absolute atomic E-state index is 5.60. The van der Waals surface area contributed by atoms with Gasteiger partial charge in [-0.3, -0.25) is 0 Å². The standard InChI is InChI=1S/C8H15N3/c1-3-11(2)7-8(10)5-4-6-9/h3-6H,1,7,9-10H2,2H3/b6-4-,8-5-. The quantitative estimate of drug-likeness (QED) is 0.574. The molecule has 0 aliphatic carbocycles. The molecule has 4 N–H and O–H groups in total. The fraction of sp³-hybridized carbons (Fsp3) is 0.250. The molecule has 0 saturated carbocycles. The van der Waals surface area contributed by atoms with Crippen LogP contribution >= 0.6 is 0 Å². The minimum Gasteiger partial charge on any atom is -0.405 e. The fourth-order valence-electron chi connectivity index (χ4n) is 0.584. The van der Waals surface area contributed by atoms with Gasteiger partial charge in [0.25, 0.3) is 0 Å². The van der Waals surface area contributed by atoms with Gasteiger partial charge in [0.05, 0.1) is 6.54 Å². The molecule has 3 heteroatoms. The van der Waals surface area contributed by atoms with Gasteiger partial charge in [0.15, 0.2) is 0 Å². The third kappa shape index (κ3) is 5.08. The van der Waals surface area contributed by atoms with Crippen LogP contribution in [0.5, 0.6) is 0 Å². The molecule has 0 unspecified atom stereocenters. The lowest BCUT2D eigenvalue weighted by molar-refractivity contribution is 0.496. The van der Waals surface area contributed by atoms with E-state index in [1.165, 1.54) is 6.20 Å². The van der Waals surface area contributed by atoms with Crippen molar-refractivity contribution >= 4 is 0 Å². The fourth-order valence-corrected chi connectivity index (χ4v) is 0.584. The van der Waals surface area contributed by atoms with Crippen LogP contribution in [-0.4, -0.2) is 18.5 Å². The summed E-state index contributed by atoms with van der Waals surface area (Å²) in [5.74, 6) is 0. The lowest BCUT2D eigenvalue weighted by Crippen LogP contribution is -2.18. The highest BCUT2D eigenvalue weighted by Gasteiger charge is 1.90. The second kappa shape index (κ2) is 5.41. The molecule has 0 aliphatic rings. The molecule has 0 radical (unpaired) electrons. The predicted octanol–water partition coefficient (Wildman–Crippen LogP) is 0.377. The number of hydrogen-bond donors (Lipinski definition) is 2. The van der Waals surface area contributed by atoms with E-state index < -0.39 is 0 Å². The lowest BCUT2D eigenvalue weighted by Gasteiger charge is -2.12. The summed E-state index contributed by atoms with van der Waals surface area (Å²) in [5.41, 5.74) is 11.5. The Labute approximate surface area is 67.7 Å². The zero-order valence-electron chi connectivity index (χ0n) is 6.83. The lowest BCUT2D eigenvalue weighted by atomic mass is 10.4. The van der Waals surface area contributed by atoms with Gasteiger partial charge in [0.1, 0.15) is 0 Å². The highest BCUT2D eigenvalue weighted by Crippen LogP contribution is 1.89. The van der Waals surface area contributed by atoms with E-state index in [9.17, 15) is 0 Å². The van der Waals surface area contributed by atoms with E-state index in [2.05, 4.69) is 6.58 Å². The third-order valence-electron chi connectivity index (χ3n) is 1.17. The van der Waals surface area contributed by atoms with Crippen molar-refractivity contribution in [3.8, 4) is 0 Å². The number of allylic oxidation sites excluding steroid dienone is 2. The van der Waals surface area contributed by atoms with Gasteiger partial charge < -0.3 is 16.4 Å². The van der Waals surface area contributed by atoms with E-state index in [1.54, 1.807) is 18.4 Å². The molecule has 11 heavy (non-hydrogen) atoms. The molecule has 62 valence electrons. The number of nitrogens with two attached hydrogens (primary N) is 2. The van der Waals surface area contributed by atoms with Crippen LogP contribution < -0.4 is 11.5 Å². The summed E-state index contributed by atoms with van der Waals surface area (Å²) in [7, 11) is 1.90. The number of likely N-dealkylation sites (N-methyl/N-ethyl adjacent to an activating group) is 1. The minimum atomic E-state index is 0.674. The summed E-state index contributed by atoms with van der Waals surface area (Å²) in [6.07, 6.45) is 6.62. The first-order valence-corrected chi connectivity index (χ1v) is 3.36. The van der Waals surface area contributed by atoms with Crippen molar-refractivity contribution in [2.45, 2.75) is 0 Å². The van der Waals surface area contributed by atoms with E-state index in [0.717, 1.165) is 5.70 Å². The maximum Gasteiger partial charge on any atom is 0.0565 e. The maximum atomic E-state index is 5.60. The normalized spacial score (nSPS) is 11.9. The van der Waals surface area contributed by atoms with Crippen molar-refractivity contribution in [1.29, 1.82) is 0 Å². The first-order valence-electron chi connectivity index (χ1n) is 3.36. The van der Waals surface area contributed by atoms with Crippen LogP contribution in [0.2, 0.25) is 0 Å². The monoisotopic (exact) mass is 153 g/mol. The van der Waals surface area contributed by atoms with E-state index in [4.69, 9.17) is 11.5 Å². The Morgan fingerprint density at radius 1 is 1.64 bits per heavy atom. The molecule has 3 nitrogen and oxygen atoms in total. The van der Waals surface area contributed by atoms with Crippen LogP contribution in [-0.2, 0) is 0 Å². The third-order valence-corrected chi connectivity index (χ3v) is 1.17. The van der Waals surface area contributed by atoms with Crippen LogP contribution in [0, 0.1) is 0 Å². The Morgan fingerprint density at radius 2 is 2.27 bits per heavy atom. The zero-order valence-corrected chi connectivity index (χ0v) is 6.83. The van der Waals surface area contributed by atoms with Crippen LogP contribution in [0.25, 0.3) is 0 Å². The molecule has 0 aromatic heterocycles. The highest BCUT2D eigenvalue weighted by atomic mass is 15.1. The van der Waals surface area contributed by atoms with Crippen molar-refractivity contribution in [3.05, 3.63) is 36.8 Å². The van der Waals surface area contributed by atoms with Gasteiger partial charge in [0, 0.05) is 12.7 Å². The van der Waals surface area contributed by atoms with Crippen LogP contribution in [0.4, 0.5) is 0 Å². The second-order valence-electron chi connectivity index (χ2n) is 2.22. The van der Waals surface area contributed by atoms with E-state index >= 15 is 0 Å². The average Bonchev–Trinajstić information content (AvgIpc) is 2.00. The minimum absolute atomic E-state index is 0.674. The molecular formula is C8H15N3. The SMILES string of the molecule is C=CN(C)C/C(N)=C/C=C\N. The smallest absolute Gasteiger partial charge is 0.0565 e. The molecular weight excluding hydrogens is 138 g/mol. The molecule has 0 fully saturated rings. The Balaban J connectivity index is 3.84. The molecule has 0 aromatic carbocycles. The Morgan fingerprint density at radius 3 is 2.73 bits per heavy atom. The number of hydrogen-bond acceptors (Lipinski definition) is 3. The van der Waals surface area contributed by atoms with Crippen molar-refractivity contribution < 1.29 is 0 Å². The second-order valence-corrected chi connectivity index (χ2v) is 2.22. The molecule has 0 rings (SSSR count). The van der Waals surface area contributed by atoms with Crippen molar-refractivity contribution in [2.75, 3.05) is 13.6 Å². The summed E-state index contributed by atoms with van der Waals surface area (Å²) in [4.78, 5) is 1.89. The predicted molar refractivity (Wildman–Crippen MR) is 48.4 cm³/mol. The van der Waals surface area contributed by atoms with Crippen LogP contribution in [0.1, 0.15) is 0 Å². The van der Waals surface area contributed by atoms with Crippen molar-refractivity contribution in [3.63, 3.8) is 0 Å². The molecule has 0 aliphatic heterocycles. The van der Waals surface area contributed by atoms with Crippen LogP contribution in [0.3, 0.4) is 0 Å². The van der Waals surface area contributed by atoms with Gasteiger partial charge in [-0.05, 0) is 24.6 Å². The topological polar surface area (TPSA) is 55.3 Å². The van der Waals surface area contributed by atoms with Crippen molar-refractivity contribution in [1.82, 2.24) is 4.90 Å². The average molecular weight is 153 g/mol. The van der Waals surface area contributed by atoms with E-state index in [0.29, 0.717) is 6.54 Å². The zero-order chi connectivity index (χ0) is 8.69. The van der Waals surface area contributed by atoms with E-state index in [1.807, 2.05) is 11.9 Å². The molecule has 0 spiro atoms. The molecule has 0 aromatic rings. The van der Waals surface area contributed by atoms with Crippen molar-refractivity contribution in [2.24, 2.45) is 11.5 Å². The van der Waals surface area contributed by atoms with Gasteiger partial charge in [-0.1, -0.05) is 6.58 Å². The van der Waals surface area contributed by atoms with Gasteiger partial charge in [-0.2, -0.15) is 0 Å². The van der Waals surface area contributed by atoms with Crippen LogP contribution in [0.15, 0.2) is 36.8 Å². The van der Waals surface area contributed by atoms with Gasteiger partial charge in [0.2, 0.25) is 0 Å². The summed E-state index contributed by atoms with van der Waals surface area (Å²) >= 11 is 0. The molecule has 0 atom stereocenters. The molecule has 0 saturated heterocycles. The van der Waals surface area contributed by atoms with E-state index in [-0.39, 0.29) is 0 Å².